The minimum Gasteiger partial charge on any atom is -0.426 e. The van der Waals surface area contributed by atoms with Gasteiger partial charge in [0.15, 0.2) is 5.78 Å². The van der Waals surface area contributed by atoms with Crippen LogP contribution in [0.2, 0.25) is 0 Å². The van der Waals surface area contributed by atoms with Gasteiger partial charge >= 0.3 is 5.97 Å². The van der Waals surface area contributed by atoms with E-state index in [1.54, 1.807) is 18.2 Å². The van der Waals surface area contributed by atoms with Crippen LogP contribution in [0.3, 0.4) is 0 Å². The predicted octanol–water partition coefficient (Wildman–Crippen LogP) is 2.82. The Morgan fingerprint density at radius 2 is 1.61 bits per heavy atom. The van der Waals surface area contributed by atoms with Crippen molar-refractivity contribution in [2.75, 3.05) is 0 Å². The zero-order chi connectivity index (χ0) is 12.7. The van der Waals surface area contributed by atoms with Gasteiger partial charge in [0.1, 0.15) is 5.75 Å². The lowest BCUT2D eigenvalue weighted by Gasteiger charge is -2.06. The molecule has 3 rings (SSSR count). The molecule has 0 bridgehead atoms. The highest BCUT2D eigenvalue weighted by atomic mass is 16.5. The van der Waals surface area contributed by atoms with E-state index >= 15 is 0 Å². The first-order chi connectivity index (χ1) is 8.68. The number of carbonyl (C=O) groups is 2. The van der Waals surface area contributed by atoms with Gasteiger partial charge in [-0.3, -0.25) is 9.59 Å². The van der Waals surface area contributed by atoms with Crippen molar-refractivity contribution in [3.63, 3.8) is 0 Å². The van der Waals surface area contributed by atoms with Gasteiger partial charge in [-0.2, -0.15) is 0 Å². The molecule has 2 aromatic carbocycles. The van der Waals surface area contributed by atoms with Gasteiger partial charge in [0.25, 0.3) is 0 Å². The van der Waals surface area contributed by atoms with Crippen LogP contribution in [-0.4, -0.2) is 11.8 Å². The van der Waals surface area contributed by atoms with E-state index < -0.39 is 5.97 Å². The average molecular weight is 238 g/mol. The fourth-order valence-corrected chi connectivity index (χ4v) is 2.28. The fraction of sp³-hybridized carbons (Fsp3) is 0.0667. The lowest BCUT2D eigenvalue weighted by atomic mass is 10.1. The zero-order valence-electron chi connectivity index (χ0n) is 9.77. The first kappa shape index (κ1) is 10.7. The van der Waals surface area contributed by atoms with Crippen molar-refractivity contribution in [2.45, 2.75) is 6.92 Å². The van der Waals surface area contributed by atoms with Crippen LogP contribution in [0, 0.1) is 0 Å². The summed E-state index contributed by atoms with van der Waals surface area (Å²) >= 11 is 0. The third-order valence-corrected chi connectivity index (χ3v) is 2.97. The van der Waals surface area contributed by atoms with E-state index in [-0.39, 0.29) is 5.78 Å². The molecule has 3 nitrogen and oxygen atoms in total. The maximum atomic E-state index is 12.3. The summed E-state index contributed by atoms with van der Waals surface area (Å²) in [5.41, 5.74) is 2.86. The minimum atomic E-state index is -0.424. The Bertz CT molecular complexity index is 671. The highest BCUT2D eigenvalue weighted by molar-refractivity contribution is 6.23. The van der Waals surface area contributed by atoms with E-state index in [1.165, 1.54) is 6.92 Å². The Kier molecular flexibility index (Phi) is 2.27. The Morgan fingerprint density at radius 3 is 2.33 bits per heavy atom. The molecule has 0 unspecified atom stereocenters. The maximum Gasteiger partial charge on any atom is 0.308 e. The van der Waals surface area contributed by atoms with Crippen molar-refractivity contribution in [1.29, 1.82) is 0 Å². The second-order valence-electron chi connectivity index (χ2n) is 4.15. The molecule has 0 amide bonds. The summed E-state index contributed by atoms with van der Waals surface area (Å²) in [7, 11) is 0. The number of carbonyl (C=O) groups excluding carboxylic acids is 2. The van der Waals surface area contributed by atoms with E-state index in [4.69, 9.17) is 4.74 Å². The first-order valence-corrected chi connectivity index (χ1v) is 5.64. The standard InChI is InChI=1S/C15H10O3/c1-9(16)18-13-8-4-7-11-10-5-2-3-6-12(10)15(17)14(11)13/h2-8H,1H3. The normalized spacial score (nSPS) is 11.9. The second-order valence-corrected chi connectivity index (χ2v) is 4.15. The van der Waals surface area contributed by atoms with E-state index in [0.29, 0.717) is 16.9 Å². The van der Waals surface area contributed by atoms with E-state index in [9.17, 15) is 9.59 Å². The highest BCUT2D eigenvalue weighted by Crippen LogP contribution is 2.40. The molecule has 1 aliphatic rings. The van der Waals surface area contributed by atoms with Gasteiger partial charge in [-0.25, -0.2) is 0 Å². The molecule has 0 aromatic heterocycles. The molecular weight excluding hydrogens is 228 g/mol. The Morgan fingerprint density at radius 1 is 0.944 bits per heavy atom. The minimum absolute atomic E-state index is 0.0857. The number of benzene rings is 2. The second kappa shape index (κ2) is 3.81. The lowest BCUT2D eigenvalue weighted by Crippen LogP contribution is -2.06. The molecule has 18 heavy (non-hydrogen) atoms. The lowest BCUT2D eigenvalue weighted by molar-refractivity contribution is -0.131. The molecule has 0 saturated carbocycles. The SMILES string of the molecule is CC(=O)Oc1cccc2c1C(=O)c1ccccc1-2. The van der Waals surface area contributed by atoms with Gasteiger partial charge in [0, 0.05) is 12.5 Å². The van der Waals surface area contributed by atoms with Crippen LogP contribution in [0.25, 0.3) is 11.1 Å². The van der Waals surface area contributed by atoms with Crippen molar-refractivity contribution in [1.82, 2.24) is 0 Å². The summed E-state index contributed by atoms with van der Waals surface area (Å²) in [5, 5.41) is 0. The van der Waals surface area contributed by atoms with Gasteiger partial charge in [0.05, 0.1) is 5.56 Å². The predicted molar refractivity (Wildman–Crippen MR) is 66.6 cm³/mol. The van der Waals surface area contributed by atoms with E-state index in [2.05, 4.69) is 0 Å². The topological polar surface area (TPSA) is 43.4 Å². The quantitative estimate of drug-likeness (QED) is 0.483. The van der Waals surface area contributed by atoms with Gasteiger partial charge in [-0.15, -0.1) is 0 Å². The molecule has 1 aliphatic carbocycles. The number of fused-ring (bicyclic) bond motifs is 3. The van der Waals surface area contributed by atoms with Gasteiger partial charge in [0.2, 0.25) is 0 Å². The number of esters is 1. The molecule has 0 spiro atoms. The Hall–Kier alpha value is -2.42. The van der Waals surface area contributed by atoms with Crippen molar-refractivity contribution in [3.8, 4) is 16.9 Å². The number of rotatable bonds is 1. The maximum absolute atomic E-state index is 12.3. The van der Waals surface area contributed by atoms with Crippen LogP contribution in [0.15, 0.2) is 42.5 Å². The summed E-state index contributed by atoms with van der Waals surface area (Å²) < 4.78 is 5.10. The number of hydrogen-bond donors (Lipinski definition) is 0. The smallest absolute Gasteiger partial charge is 0.308 e. The molecule has 0 saturated heterocycles. The highest BCUT2D eigenvalue weighted by Gasteiger charge is 2.29. The summed E-state index contributed by atoms with van der Waals surface area (Å²) in [5.74, 6) is -0.175. The number of ether oxygens (including phenoxy) is 1. The van der Waals surface area contributed by atoms with Crippen LogP contribution in [-0.2, 0) is 4.79 Å². The Balaban J connectivity index is 2.24. The van der Waals surface area contributed by atoms with Gasteiger partial charge in [-0.1, -0.05) is 36.4 Å². The van der Waals surface area contributed by atoms with Gasteiger partial charge in [-0.05, 0) is 17.2 Å². The van der Waals surface area contributed by atoms with Gasteiger partial charge < -0.3 is 4.74 Å². The monoisotopic (exact) mass is 238 g/mol. The van der Waals surface area contributed by atoms with Crippen LogP contribution >= 0.6 is 0 Å². The molecule has 0 aliphatic heterocycles. The van der Waals surface area contributed by atoms with E-state index in [1.807, 2.05) is 24.3 Å². The van der Waals surface area contributed by atoms with Crippen molar-refractivity contribution < 1.29 is 14.3 Å². The molecular formula is C15H10O3. The third kappa shape index (κ3) is 1.44. The molecule has 88 valence electrons. The van der Waals surface area contributed by atoms with Crippen molar-refractivity contribution in [2.24, 2.45) is 0 Å². The van der Waals surface area contributed by atoms with Crippen LogP contribution in [0.1, 0.15) is 22.8 Å². The third-order valence-electron chi connectivity index (χ3n) is 2.97. The van der Waals surface area contributed by atoms with E-state index in [0.717, 1.165) is 11.1 Å². The van der Waals surface area contributed by atoms with Crippen LogP contribution in [0.5, 0.6) is 5.75 Å². The molecule has 0 atom stereocenters. The summed E-state index contributed by atoms with van der Waals surface area (Å²) in [6.45, 7) is 1.33. The van der Waals surface area contributed by atoms with Crippen molar-refractivity contribution in [3.05, 3.63) is 53.6 Å². The fourth-order valence-electron chi connectivity index (χ4n) is 2.28. The average Bonchev–Trinajstić information content (AvgIpc) is 2.65. The number of hydrogen-bond acceptors (Lipinski definition) is 3. The van der Waals surface area contributed by atoms with Crippen molar-refractivity contribution >= 4 is 11.8 Å². The zero-order valence-corrected chi connectivity index (χ0v) is 9.77. The van der Waals surface area contributed by atoms with Crippen LogP contribution < -0.4 is 4.74 Å². The Labute approximate surface area is 104 Å². The largest absolute Gasteiger partial charge is 0.426 e. The first-order valence-electron chi connectivity index (χ1n) is 5.64. The summed E-state index contributed by atoms with van der Waals surface area (Å²) in [6.07, 6.45) is 0. The molecule has 0 heterocycles. The summed E-state index contributed by atoms with van der Waals surface area (Å²) in [6, 6.07) is 12.7. The molecule has 3 heteroatoms. The summed E-state index contributed by atoms with van der Waals surface area (Å²) in [4.78, 5) is 23.4. The van der Waals surface area contributed by atoms with Crippen LogP contribution in [0.4, 0.5) is 0 Å². The molecule has 2 aromatic rings. The molecule has 0 N–H and O–H groups in total. The molecule has 0 radical (unpaired) electrons. The number of ketones is 1. The molecule has 0 fully saturated rings.